The molecule has 0 aliphatic carbocycles. The molecule has 0 saturated heterocycles. The van der Waals surface area contributed by atoms with E-state index in [1.807, 2.05) is 13.8 Å². The largest absolute Gasteiger partial charge is 0.275 e. The first-order valence-electron chi connectivity index (χ1n) is 4.67. The Morgan fingerprint density at radius 2 is 2.27 bits per heavy atom. The Bertz CT molecular complexity index is 502. The minimum atomic E-state index is -0.0586. The second-order valence-corrected chi connectivity index (χ2v) is 4.34. The van der Waals surface area contributed by atoms with E-state index in [-0.39, 0.29) is 11.6 Å². The maximum Gasteiger partial charge on any atom is 0.275 e. The molecule has 0 aliphatic rings. The molecule has 15 heavy (non-hydrogen) atoms. The highest BCUT2D eigenvalue weighted by molar-refractivity contribution is 7.13. The van der Waals surface area contributed by atoms with E-state index < -0.39 is 0 Å². The lowest BCUT2D eigenvalue weighted by molar-refractivity contribution is 0.504. The summed E-state index contributed by atoms with van der Waals surface area (Å²) in [6.45, 7) is 3.87. The molecule has 0 amide bonds. The van der Waals surface area contributed by atoms with Gasteiger partial charge in [-0.15, -0.1) is 11.3 Å². The van der Waals surface area contributed by atoms with Gasteiger partial charge in [0.15, 0.2) is 0 Å². The normalized spacial score (nSPS) is 10.9. The molecule has 78 valence electrons. The van der Waals surface area contributed by atoms with Gasteiger partial charge < -0.3 is 0 Å². The molecule has 4 nitrogen and oxygen atoms in total. The molecule has 0 radical (unpaired) electrons. The molecule has 0 aliphatic heterocycles. The molecule has 0 bridgehead atoms. The third-order valence-corrected chi connectivity index (χ3v) is 2.86. The van der Waals surface area contributed by atoms with Gasteiger partial charge in [0.05, 0.1) is 22.0 Å². The number of aromatic nitrogens is 3. The maximum absolute atomic E-state index is 12.0. The Hall–Kier alpha value is -1.49. The average molecular weight is 221 g/mol. The highest BCUT2D eigenvalue weighted by atomic mass is 32.1. The van der Waals surface area contributed by atoms with Crippen LogP contribution in [0.25, 0.3) is 10.4 Å². The minimum Gasteiger partial charge on any atom is -0.267 e. The van der Waals surface area contributed by atoms with E-state index in [4.69, 9.17) is 0 Å². The van der Waals surface area contributed by atoms with Crippen LogP contribution in [-0.4, -0.2) is 14.8 Å². The summed E-state index contributed by atoms with van der Waals surface area (Å²) in [4.78, 5) is 16.8. The Balaban J connectivity index is 2.60. The van der Waals surface area contributed by atoms with Crippen molar-refractivity contribution in [3.05, 3.63) is 34.3 Å². The van der Waals surface area contributed by atoms with Crippen LogP contribution in [0.2, 0.25) is 0 Å². The molecule has 2 aromatic rings. The Morgan fingerprint density at radius 1 is 1.47 bits per heavy atom. The molecule has 5 heteroatoms. The predicted octanol–water partition coefficient (Wildman–Crippen LogP) is 1.95. The first-order valence-corrected chi connectivity index (χ1v) is 5.55. The van der Waals surface area contributed by atoms with Crippen LogP contribution in [0.5, 0.6) is 0 Å². The number of nitrogens with zero attached hydrogens (tertiary/aromatic N) is 3. The molecule has 0 atom stereocenters. The molecule has 0 unspecified atom stereocenters. The fraction of sp³-hybridized carbons (Fsp3) is 0.300. The van der Waals surface area contributed by atoms with Crippen molar-refractivity contribution in [3.63, 3.8) is 0 Å². The van der Waals surface area contributed by atoms with Gasteiger partial charge in [0, 0.05) is 12.4 Å². The second kappa shape index (κ2) is 3.94. The molecule has 2 heterocycles. The molecule has 2 aromatic heterocycles. The van der Waals surface area contributed by atoms with Crippen LogP contribution >= 0.6 is 11.3 Å². The van der Waals surface area contributed by atoms with Gasteiger partial charge in [0.25, 0.3) is 5.56 Å². The summed E-state index contributed by atoms with van der Waals surface area (Å²) in [5, 5.41) is 4.04. The summed E-state index contributed by atoms with van der Waals surface area (Å²) in [5.74, 6) is 0. The lowest BCUT2D eigenvalue weighted by Gasteiger charge is -2.08. The van der Waals surface area contributed by atoms with Gasteiger partial charge in [0.1, 0.15) is 0 Å². The standard InChI is InChI=1S/C10H11N3OS/c1-7(2)13-10(14)8(3-4-12-13)9-5-11-6-15-9/h3-7H,1-2H3. The van der Waals surface area contributed by atoms with Crippen molar-refractivity contribution in [1.29, 1.82) is 0 Å². The highest BCUT2D eigenvalue weighted by Crippen LogP contribution is 2.18. The zero-order valence-corrected chi connectivity index (χ0v) is 9.36. The number of rotatable bonds is 2. The van der Waals surface area contributed by atoms with Crippen molar-refractivity contribution < 1.29 is 0 Å². The smallest absolute Gasteiger partial charge is 0.267 e. The monoisotopic (exact) mass is 221 g/mol. The molecule has 0 aromatic carbocycles. The summed E-state index contributed by atoms with van der Waals surface area (Å²) >= 11 is 1.46. The van der Waals surface area contributed by atoms with Crippen molar-refractivity contribution in [3.8, 4) is 10.4 Å². The molecule has 0 saturated carbocycles. The Labute approximate surface area is 91.2 Å². The van der Waals surface area contributed by atoms with Crippen molar-refractivity contribution in [2.45, 2.75) is 19.9 Å². The average Bonchev–Trinajstić information content (AvgIpc) is 2.70. The van der Waals surface area contributed by atoms with Crippen LogP contribution in [0.3, 0.4) is 0 Å². The topological polar surface area (TPSA) is 47.8 Å². The molecule has 0 fully saturated rings. The van der Waals surface area contributed by atoms with Crippen LogP contribution in [0, 0.1) is 0 Å². The highest BCUT2D eigenvalue weighted by Gasteiger charge is 2.09. The minimum absolute atomic E-state index is 0.0586. The first-order chi connectivity index (χ1) is 7.20. The second-order valence-electron chi connectivity index (χ2n) is 3.45. The van der Waals surface area contributed by atoms with Crippen molar-refractivity contribution in [2.24, 2.45) is 0 Å². The zero-order valence-electron chi connectivity index (χ0n) is 8.54. The molecular formula is C10H11N3OS. The summed E-state index contributed by atoms with van der Waals surface area (Å²) in [6, 6.07) is 1.81. The van der Waals surface area contributed by atoms with E-state index in [9.17, 15) is 4.79 Å². The van der Waals surface area contributed by atoms with E-state index in [1.165, 1.54) is 16.0 Å². The quantitative estimate of drug-likeness (QED) is 0.778. The lowest BCUT2D eigenvalue weighted by atomic mass is 10.2. The van der Waals surface area contributed by atoms with Gasteiger partial charge in [-0.05, 0) is 19.9 Å². The van der Waals surface area contributed by atoms with Crippen LogP contribution in [0.4, 0.5) is 0 Å². The Kier molecular flexibility index (Phi) is 2.64. The third kappa shape index (κ3) is 1.83. The zero-order chi connectivity index (χ0) is 10.8. The summed E-state index contributed by atoms with van der Waals surface area (Å²) in [5.41, 5.74) is 2.33. The maximum atomic E-state index is 12.0. The molecule has 0 N–H and O–H groups in total. The van der Waals surface area contributed by atoms with E-state index in [2.05, 4.69) is 10.1 Å². The van der Waals surface area contributed by atoms with Gasteiger partial charge in [-0.2, -0.15) is 5.10 Å². The summed E-state index contributed by atoms with van der Waals surface area (Å²) < 4.78 is 1.48. The lowest BCUT2D eigenvalue weighted by Crippen LogP contribution is -2.25. The van der Waals surface area contributed by atoms with E-state index >= 15 is 0 Å². The predicted molar refractivity (Wildman–Crippen MR) is 60.0 cm³/mol. The van der Waals surface area contributed by atoms with E-state index in [0.717, 1.165) is 4.88 Å². The number of thiazole rings is 1. The van der Waals surface area contributed by atoms with Crippen LogP contribution in [0.1, 0.15) is 19.9 Å². The fourth-order valence-corrected chi connectivity index (χ4v) is 1.97. The van der Waals surface area contributed by atoms with E-state index in [0.29, 0.717) is 5.56 Å². The molecule has 0 spiro atoms. The summed E-state index contributed by atoms with van der Waals surface area (Å²) in [7, 11) is 0. The van der Waals surface area contributed by atoms with Gasteiger partial charge >= 0.3 is 0 Å². The van der Waals surface area contributed by atoms with Crippen LogP contribution in [-0.2, 0) is 0 Å². The van der Waals surface area contributed by atoms with Gasteiger partial charge in [-0.1, -0.05) is 0 Å². The van der Waals surface area contributed by atoms with Gasteiger partial charge in [0.2, 0.25) is 0 Å². The SMILES string of the molecule is CC(C)n1nccc(-c2cncs2)c1=O. The first kappa shape index (κ1) is 10.0. The van der Waals surface area contributed by atoms with Crippen LogP contribution < -0.4 is 5.56 Å². The van der Waals surface area contributed by atoms with Gasteiger partial charge in [-0.25, -0.2) is 4.68 Å². The van der Waals surface area contributed by atoms with Crippen molar-refractivity contribution in [2.75, 3.05) is 0 Å². The van der Waals surface area contributed by atoms with Crippen molar-refractivity contribution >= 4 is 11.3 Å². The molecule has 2 rings (SSSR count). The van der Waals surface area contributed by atoms with E-state index in [1.54, 1.807) is 24.0 Å². The number of hydrogen-bond acceptors (Lipinski definition) is 4. The molecular weight excluding hydrogens is 210 g/mol. The fourth-order valence-electron chi connectivity index (χ4n) is 1.33. The Morgan fingerprint density at radius 3 is 2.87 bits per heavy atom. The van der Waals surface area contributed by atoms with Crippen molar-refractivity contribution in [1.82, 2.24) is 14.8 Å². The number of hydrogen-bond donors (Lipinski definition) is 0. The van der Waals surface area contributed by atoms with Crippen LogP contribution in [0.15, 0.2) is 28.8 Å². The third-order valence-electron chi connectivity index (χ3n) is 2.06. The summed E-state index contributed by atoms with van der Waals surface area (Å²) in [6.07, 6.45) is 3.35. The van der Waals surface area contributed by atoms with Gasteiger partial charge in [-0.3, -0.25) is 9.78 Å².